The Morgan fingerprint density at radius 2 is 1.80 bits per heavy atom. The van der Waals surface area contributed by atoms with Crippen LogP contribution in [0.1, 0.15) is 45.4 Å². The van der Waals surface area contributed by atoms with Crippen LogP contribution >= 0.6 is 0 Å². The average Bonchev–Trinajstić information content (AvgIpc) is 3.42. The van der Waals surface area contributed by atoms with Gasteiger partial charge in [0.1, 0.15) is 23.6 Å². The van der Waals surface area contributed by atoms with E-state index in [2.05, 4.69) is 15.1 Å². The van der Waals surface area contributed by atoms with Crippen LogP contribution in [0, 0.1) is 11.2 Å². The van der Waals surface area contributed by atoms with Gasteiger partial charge >= 0.3 is 0 Å². The van der Waals surface area contributed by atoms with Gasteiger partial charge in [0.05, 0.1) is 24.0 Å². The van der Waals surface area contributed by atoms with Gasteiger partial charge in [0.15, 0.2) is 5.65 Å². The van der Waals surface area contributed by atoms with E-state index in [0.717, 1.165) is 25.7 Å². The highest BCUT2D eigenvalue weighted by Gasteiger charge is 2.43. The second kappa shape index (κ2) is 10.7. The molecule has 0 unspecified atom stereocenters. The standard InChI is InChI=1S/C30H33FN6O4/c1-29(11-9-23(10-12-29)41-25-4-2-3-15-32-25)28(39)35-16-13-30(40,14-17-35)19-36-20-33-26-24(27(36)38)18-34-37(26)22-7-5-21(31)6-8-22/h2-8,15,18,20,23,40H,9-14,16-17,19H2,1H3. The monoisotopic (exact) mass is 560 g/mol. The van der Waals surface area contributed by atoms with Crippen LogP contribution in [0.25, 0.3) is 16.7 Å². The van der Waals surface area contributed by atoms with Gasteiger partial charge in [-0.05, 0) is 68.9 Å². The summed E-state index contributed by atoms with van der Waals surface area (Å²) < 4.78 is 22.2. The predicted molar refractivity (Wildman–Crippen MR) is 149 cm³/mol. The van der Waals surface area contributed by atoms with Crippen LogP contribution in [0.4, 0.5) is 4.39 Å². The Morgan fingerprint density at radius 3 is 2.49 bits per heavy atom. The summed E-state index contributed by atoms with van der Waals surface area (Å²) >= 11 is 0. The summed E-state index contributed by atoms with van der Waals surface area (Å²) in [7, 11) is 0. The lowest BCUT2D eigenvalue weighted by Crippen LogP contribution is -2.53. The van der Waals surface area contributed by atoms with Crippen molar-refractivity contribution in [3.05, 3.63) is 77.4 Å². The van der Waals surface area contributed by atoms with Crippen molar-refractivity contribution >= 4 is 16.9 Å². The maximum absolute atomic E-state index is 13.5. The molecule has 4 aromatic rings. The SMILES string of the molecule is CC1(C(=O)N2CCC(O)(Cn3cnc4c(cnn4-c4ccc(F)cc4)c3=O)CC2)CCC(Oc2ccccn2)CC1. The second-order valence-electron chi connectivity index (χ2n) is 11.5. The van der Waals surface area contributed by atoms with E-state index in [4.69, 9.17) is 4.74 Å². The van der Waals surface area contributed by atoms with Crippen LogP contribution in [0.3, 0.4) is 0 Å². The molecule has 1 amide bonds. The smallest absolute Gasteiger partial charge is 0.264 e. The Morgan fingerprint density at radius 1 is 1.07 bits per heavy atom. The topological polar surface area (TPSA) is 115 Å². The van der Waals surface area contributed by atoms with E-state index in [1.807, 2.05) is 30.0 Å². The quantitative estimate of drug-likeness (QED) is 0.384. The Hall–Kier alpha value is -4.12. The summed E-state index contributed by atoms with van der Waals surface area (Å²) in [6.07, 6.45) is 8.36. The van der Waals surface area contributed by atoms with Gasteiger partial charge in [0.2, 0.25) is 11.8 Å². The highest BCUT2D eigenvalue weighted by molar-refractivity contribution is 5.82. The van der Waals surface area contributed by atoms with Crippen LogP contribution in [-0.2, 0) is 11.3 Å². The minimum atomic E-state index is -1.14. The summed E-state index contributed by atoms with van der Waals surface area (Å²) in [5, 5.41) is 16.0. The van der Waals surface area contributed by atoms with Gasteiger partial charge in [-0.15, -0.1) is 0 Å². The summed E-state index contributed by atoms with van der Waals surface area (Å²) in [6.45, 7) is 2.94. The zero-order valence-electron chi connectivity index (χ0n) is 22.9. The van der Waals surface area contributed by atoms with Crippen molar-refractivity contribution in [1.82, 2.24) is 29.2 Å². The average molecular weight is 561 g/mol. The fourth-order valence-electron chi connectivity index (χ4n) is 5.96. The summed E-state index contributed by atoms with van der Waals surface area (Å²) in [4.78, 5) is 37.3. The van der Waals surface area contributed by atoms with Gasteiger partial charge in [-0.1, -0.05) is 13.0 Å². The molecule has 0 bridgehead atoms. The first-order chi connectivity index (χ1) is 19.7. The first kappa shape index (κ1) is 27.1. The van der Waals surface area contributed by atoms with Crippen molar-refractivity contribution in [3.63, 3.8) is 0 Å². The number of carbonyl (C=O) groups is 1. The van der Waals surface area contributed by atoms with Crippen molar-refractivity contribution < 1.29 is 19.0 Å². The number of nitrogens with zero attached hydrogens (tertiary/aromatic N) is 6. The molecular weight excluding hydrogens is 527 g/mol. The minimum absolute atomic E-state index is 0.0456. The molecule has 10 nitrogen and oxygen atoms in total. The lowest BCUT2D eigenvalue weighted by molar-refractivity contribution is -0.148. The van der Waals surface area contributed by atoms with E-state index < -0.39 is 11.0 Å². The van der Waals surface area contributed by atoms with Crippen molar-refractivity contribution in [2.45, 2.75) is 63.7 Å². The molecule has 3 aromatic heterocycles. The number of aliphatic hydroxyl groups is 1. The molecule has 11 heteroatoms. The van der Waals surface area contributed by atoms with Gasteiger partial charge in [0.25, 0.3) is 5.56 Å². The molecule has 2 fully saturated rings. The zero-order valence-corrected chi connectivity index (χ0v) is 22.9. The molecule has 1 N–H and O–H groups in total. The number of hydrogen-bond donors (Lipinski definition) is 1. The lowest BCUT2D eigenvalue weighted by Gasteiger charge is -2.43. The number of rotatable bonds is 6. The number of hydrogen-bond acceptors (Lipinski definition) is 7. The van der Waals surface area contributed by atoms with Crippen LogP contribution < -0.4 is 10.3 Å². The van der Waals surface area contributed by atoms with E-state index in [1.165, 1.54) is 33.9 Å². The molecule has 0 spiro atoms. The summed E-state index contributed by atoms with van der Waals surface area (Å²) in [5.41, 5.74) is -0.968. The van der Waals surface area contributed by atoms with Crippen molar-refractivity contribution in [2.75, 3.05) is 13.1 Å². The first-order valence-corrected chi connectivity index (χ1v) is 14.0. The van der Waals surface area contributed by atoms with Crippen molar-refractivity contribution in [1.29, 1.82) is 0 Å². The largest absolute Gasteiger partial charge is 0.474 e. The fraction of sp³-hybridized carbons (Fsp3) is 0.433. The highest BCUT2D eigenvalue weighted by atomic mass is 19.1. The molecule has 1 aliphatic heterocycles. The number of carbonyl (C=O) groups excluding carboxylic acids is 1. The molecule has 4 heterocycles. The number of likely N-dealkylation sites (tertiary alicyclic amines) is 1. The molecule has 41 heavy (non-hydrogen) atoms. The molecule has 6 rings (SSSR count). The van der Waals surface area contributed by atoms with Gasteiger partial charge in [-0.3, -0.25) is 14.2 Å². The fourth-order valence-corrected chi connectivity index (χ4v) is 5.96. The number of halogens is 1. The maximum atomic E-state index is 13.5. The third kappa shape index (κ3) is 5.46. The normalized spacial score (nSPS) is 22.5. The Kier molecular flexibility index (Phi) is 7.06. The summed E-state index contributed by atoms with van der Waals surface area (Å²) in [6, 6.07) is 11.4. The molecule has 2 aliphatic rings. The number of benzene rings is 1. The lowest BCUT2D eigenvalue weighted by atomic mass is 9.73. The molecule has 1 aliphatic carbocycles. The van der Waals surface area contributed by atoms with E-state index in [-0.39, 0.29) is 29.9 Å². The predicted octanol–water partition coefficient (Wildman–Crippen LogP) is 3.50. The Balaban J connectivity index is 1.07. The molecule has 0 atom stereocenters. The van der Waals surface area contributed by atoms with Crippen LogP contribution in [-0.4, -0.2) is 65.0 Å². The molecule has 1 aromatic carbocycles. The number of amides is 1. The molecule has 1 saturated carbocycles. The van der Waals surface area contributed by atoms with Gasteiger partial charge < -0.3 is 14.7 Å². The molecule has 0 radical (unpaired) electrons. The number of fused-ring (bicyclic) bond motifs is 1. The third-order valence-electron chi connectivity index (χ3n) is 8.55. The second-order valence-corrected chi connectivity index (χ2v) is 11.5. The third-order valence-corrected chi connectivity index (χ3v) is 8.55. The van der Waals surface area contributed by atoms with Crippen LogP contribution in [0.5, 0.6) is 5.88 Å². The van der Waals surface area contributed by atoms with Crippen LogP contribution in [0.15, 0.2) is 66.0 Å². The number of piperidine rings is 1. The first-order valence-electron chi connectivity index (χ1n) is 14.0. The minimum Gasteiger partial charge on any atom is -0.474 e. The van der Waals surface area contributed by atoms with Crippen molar-refractivity contribution in [2.24, 2.45) is 5.41 Å². The number of ether oxygens (including phenoxy) is 1. The Bertz CT molecular complexity index is 1590. The van der Waals surface area contributed by atoms with Gasteiger partial charge in [-0.2, -0.15) is 5.10 Å². The number of pyridine rings is 1. The van der Waals surface area contributed by atoms with E-state index in [9.17, 15) is 19.1 Å². The van der Waals surface area contributed by atoms with Gasteiger partial charge in [0, 0.05) is 30.8 Å². The van der Waals surface area contributed by atoms with Gasteiger partial charge in [-0.25, -0.2) is 19.0 Å². The highest BCUT2D eigenvalue weighted by Crippen LogP contribution is 2.40. The maximum Gasteiger partial charge on any atom is 0.264 e. The van der Waals surface area contributed by atoms with Crippen molar-refractivity contribution in [3.8, 4) is 11.6 Å². The van der Waals surface area contributed by atoms with Crippen LogP contribution in [0.2, 0.25) is 0 Å². The zero-order chi connectivity index (χ0) is 28.6. The number of aromatic nitrogens is 5. The molecular formula is C30H33FN6O4. The molecule has 214 valence electrons. The molecule has 1 saturated heterocycles. The van der Waals surface area contributed by atoms with E-state index in [1.54, 1.807) is 18.3 Å². The Labute approximate surface area is 236 Å². The van der Waals surface area contributed by atoms with E-state index >= 15 is 0 Å². The van der Waals surface area contributed by atoms with E-state index in [0.29, 0.717) is 48.5 Å². The summed E-state index contributed by atoms with van der Waals surface area (Å²) in [5.74, 6) is 0.358.